The molecule has 0 saturated heterocycles. The van der Waals surface area contributed by atoms with Gasteiger partial charge in [0.15, 0.2) is 0 Å². The van der Waals surface area contributed by atoms with Gasteiger partial charge >= 0.3 is 0 Å². The normalized spacial score (nSPS) is 10.3. The van der Waals surface area contributed by atoms with Crippen LogP contribution in [-0.2, 0) is 11.3 Å². The molecule has 0 aliphatic rings. The van der Waals surface area contributed by atoms with Crippen molar-refractivity contribution in [2.75, 3.05) is 0 Å². The number of amides is 1. The Balaban J connectivity index is 2.59. The smallest absolute Gasteiger partial charge is 0.217 e. The zero-order chi connectivity index (χ0) is 10.6. The maximum atomic E-state index is 10.7. The molecule has 0 saturated carbocycles. The number of carbonyl (C=O) groups excluding carboxylic acids is 1. The Hall–Kier alpha value is -1.38. The lowest BCUT2D eigenvalue weighted by atomic mass is 10.1. The molecular formula is C11H16N2O. The second kappa shape index (κ2) is 4.74. The van der Waals surface area contributed by atoms with E-state index in [0.717, 1.165) is 5.69 Å². The third kappa shape index (κ3) is 3.17. The predicted octanol–water partition coefficient (Wildman–Crippen LogP) is 1.84. The van der Waals surface area contributed by atoms with E-state index in [4.69, 9.17) is 0 Å². The molecule has 0 aliphatic heterocycles. The monoisotopic (exact) mass is 192 g/mol. The number of hydrogen-bond acceptors (Lipinski definition) is 2. The molecule has 1 N–H and O–H groups in total. The minimum absolute atomic E-state index is 0.0280. The third-order valence-corrected chi connectivity index (χ3v) is 2.03. The van der Waals surface area contributed by atoms with Crippen LogP contribution >= 0.6 is 0 Å². The summed E-state index contributed by atoms with van der Waals surface area (Å²) in [6.07, 6.45) is 1.86. The van der Waals surface area contributed by atoms with Crippen molar-refractivity contribution in [2.24, 2.45) is 0 Å². The summed E-state index contributed by atoms with van der Waals surface area (Å²) in [4.78, 5) is 14.9. The highest BCUT2D eigenvalue weighted by Crippen LogP contribution is 2.12. The Bertz CT molecular complexity index is 304. The van der Waals surface area contributed by atoms with Crippen LogP contribution in [0.15, 0.2) is 18.3 Å². The quantitative estimate of drug-likeness (QED) is 0.794. The molecule has 1 rings (SSSR count). The van der Waals surface area contributed by atoms with Gasteiger partial charge in [0.05, 0.1) is 12.2 Å². The summed E-state index contributed by atoms with van der Waals surface area (Å²) in [5, 5.41) is 2.71. The lowest BCUT2D eigenvalue weighted by Gasteiger charge is -2.06. The van der Waals surface area contributed by atoms with E-state index in [0.29, 0.717) is 12.5 Å². The van der Waals surface area contributed by atoms with Gasteiger partial charge in [-0.1, -0.05) is 19.9 Å². The van der Waals surface area contributed by atoms with E-state index >= 15 is 0 Å². The molecule has 1 amide bonds. The van der Waals surface area contributed by atoms with Crippen molar-refractivity contribution < 1.29 is 4.79 Å². The Morgan fingerprint density at radius 3 is 2.64 bits per heavy atom. The van der Waals surface area contributed by atoms with Gasteiger partial charge in [0, 0.05) is 13.1 Å². The van der Waals surface area contributed by atoms with Crippen molar-refractivity contribution in [3.8, 4) is 0 Å². The molecule has 0 radical (unpaired) electrons. The molecular weight excluding hydrogens is 176 g/mol. The average molecular weight is 192 g/mol. The first-order chi connectivity index (χ1) is 6.59. The SMILES string of the molecule is CC(=O)NCc1ccc(C(C)C)cn1. The number of hydrogen-bond donors (Lipinski definition) is 1. The molecule has 14 heavy (non-hydrogen) atoms. The van der Waals surface area contributed by atoms with E-state index in [-0.39, 0.29) is 5.91 Å². The predicted molar refractivity (Wildman–Crippen MR) is 55.8 cm³/mol. The largest absolute Gasteiger partial charge is 0.351 e. The van der Waals surface area contributed by atoms with Gasteiger partial charge in [-0.15, -0.1) is 0 Å². The van der Waals surface area contributed by atoms with Gasteiger partial charge in [0.1, 0.15) is 0 Å². The van der Waals surface area contributed by atoms with Gasteiger partial charge in [-0.05, 0) is 17.5 Å². The molecule has 0 aromatic carbocycles. The summed E-state index contributed by atoms with van der Waals surface area (Å²) < 4.78 is 0. The van der Waals surface area contributed by atoms with E-state index in [1.807, 2.05) is 12.3 Å². The summed E-state index contributed by atoms with van der Waals surface area (Å²) in [6.45, 7) is 6.27. The molecule has 3 nitrogen and oxygen atoms in total. The van der Waals surface area contributed by atoms with Gasteiger partial charge in [-0.2, -0.15) is 0 Å². The van der Waals surface area contributed by atoms with Crippen LogP contribution in [0.2, 0.25) is 0 Å². The first-order valence-electron chi connectivity index (χ1n) is 4.79. The lowest BCUT2D eigenvalue weighted by molar-refractivity contribution is -0.119. The summed E-state index contributed by atoms with van der Waals surface area (Å²) in [7, 11) is 0. The molecule has 0 spiro atoms. The highest BCUT2D eigenvalue weighted by atomic mass is 16.1. The summed E-state index contributed by atoms with van der Waals surface area (Å²) in [6, 6.07) is 4.00. The molecule has 1 aromatic heterocycles. The van der Waals surface area contributed by atoms with Gasteiger partial charge in [0.2, 0.25) is 5.91 Å². The summed E-state index contributed by atoms with van der Waals surface area (Å²) in [5.41, 5.74) is 2.11. The first kappa shape index (κ1) is 10.7. The molecule has 0 atom stereocenters. The third-order valence-electron chi connectivity index (χ3n) is 2.03. The standard InChI is InChI=1S/C11H16N2O/c1-8(2)10-4-5-11(13-6-10)7-12-9(3)14/h4-6,8H,7H2,1-3H3,(H,12,14). The highest BCUT2D eigenvalue weighted by molar-refractivity contribution is 5.72. The molecule has 3 heteroatoms. The molecule has 0 fully saturated rings. The fourth-order valence-corrected chi connectivity index (χ4v) is 1.10. The zero-order valence-electron chi connectivity index (χ0n) is 8.87. The zero-order valence-corrected chi connectivity index (χ0v) is 8.87. The van der Waals surface area contributed by atoms with E-state index in [1.165, 1.54) is 12.5 Å². The van der Waals surface area contributed by atoms with Crippen LogP contribution in [0.5, 0.6) is 0 Å². The molecule has 1 aromatic rings. The van der Waals surface area contributed by atoms with Crippen LogP contribution in [0, 0.1) is 0 Å². The molecule has 0 aliphatic carbocycles. The van der Waals surface area contributed by atoms with Gasteiger partial charge in [-0.25, -0.2) is 0 Å². The second-order valence-corrected chi connectivity index (χ2v) is 3.65. The Kier molecular flexibility index (Phi) is 3.63. The maximum Gasteiger partial charge on any atom is 0.217 e. The number of nitrogens with zero attached hydrogens (tertiary/aromatic N) is 1. The Morgan fingerprint density at radius 2 is 2.21 bits per heavy atom. The Labute approximate surface area is 84.6 Å². The fourth-order valence-electron chi connectivity index (χ4n) is 1.10. The van der Waals surface area contributed by atoms with E-state index < -0.39 is 0 Å². The highest BCUT2D eigenvalue weighted by Gasteiger charge is 2.00. The van der Waals surface area contributed by atoms with Crippen LogP contribution in [-0.4, -0.2) is 10.9 Å². The first-order valence-corrected chi connectivity index (χ1v) is 4.79. The number of carbonyl (C=O) groups is 1. The van der Waals surface area contributed by atoms with Crippen molar-refractivity contribution in [2.45, 2.75) is 33.2 Å². The van der Waals surface area contributed by atoms with Crippen molar-refractivity contribution in [3.63, 3.8) is 0 Å². The maximum absolute atomic E-state index is 10.7. The molecule has 0 bridgehead atoms. The van der Waals surface area contributed by atoms with Crippen LogP contribution in [0.1, 0.15) is 37.9 Å². The van der Waals surface area contributed by atoms with Crippen molar-refractivity contribution in [3.05, 3.63) is 29.6 Å². The minimum atomic E-state index is -0.0280. The molecule has 1 heterocycles. The van der Waals surface area contributed by atoms with Crippen molar-refractivity contribution in [1.82, 2.24) is 10.3 Å². The number of nitrogens with one attached hydrogen (secondary N) is 1. The number of rotatable bonds is 3. The van der Waals surface area contributed by atoms with Gasteiger partial charge in [-0.3, -0.25) is 9.78 Å². The van der Waals surface area contributed by atoms with E-state index in [9.17, 15) is 4.79 Å². The number of aromatic nitrogens is 1. The molecule has 0 unspecified atom stereocenters. The summed E-state index contributed by atoms with van der Waals surface area (Å²) in [5.74, 6) is 0.469. The Morgan fingerprint density at radius 1 is 1.50 bits per heavy atom. The van der Waals surface area contributed by atoms with Crippen molar-refractivity contribution >= 4 is 5.91 Å². The lowest BCUT2D eigenvalue weighted by Crippen LogP contribution is -2.19. The van der Waals surface area contributed by atoms with E-state index in [2.05, 4.69) is 30.2 Å². The molecule has 76 valence electrons. The van der Waals surface area contributed by atoms with Crippen LogP contribution < -0.4 is 5.32 Å². The van der Waals surface area contributed by atoms with Crippen LogP contribution in [0.25, 0.3) is 0 Å². The fraction of sp³-hybridized carbons (Fsp3) is 0.455. The van der Waals surface area contributed by atoms with Crippen LogP contribution in [0.4, 0.5) is 0 Å². The summed E-state index contributed by atoms with van der Waals surface area (Å²) >= 11 is 0. The van der Waals surface area contributed by atoms with E-state index in [1.54, 1.807) is 0 Å². The second-order valence-electron chi connectivity index (χ2n) is 3.65. The minimum Gasteiger partial charge on any atom is -0.351 e. The van der Waals surface area contributed by atoms with Crippen LogP contribution in [0.3, 0.4) is 0 Å². The topological polar surface area (TPSA) is 42.0 Å². The van der Waals surface area contributed by atoms with Gasteiger partial charge < -0.3 is 5.32 Å². The number of pyridine rings is 1. The average Bonchev–Trinajstić information content (AvgIpc) is 2.15. The van der Waals surface area contributed by atoms with Crippen molar-refractivity contribution in [1.29, 1.82) is 0 Å². The van der Waals surface area contributed by atoms with Gasteiger partial charge in [0.25, 0.3) is 0 Å².